The SMILES string of the molecule is CCC(C#N)Cc1ccc(C(C)(C)C)cc1. The van der Waals surface area contributed by atoms with Crippen LogP contribution < -0.4 is 0 Å². The Bertz CT molecular complexity index is 362. The maximum Gasteiger partial charge on any atom is 0.0659 e. The molecule has 0 aliphatic carbocycles. The van der Waals surface area contributed by atoms with Crippen molar-refractivity contribution in [3.05, 3.63) is 35.4 Å². The Morgan fingerprint density at radius 1 is 1.19 bits per heavy atom. The smallest absolute Gasteiger partial charge is 0.0659 e. The Morgan fingerprint density at radius 3 is 2.12 bits per heavy atom. The lowest BCUT2D eigenvalue weighted by molar-refractivity contribution is 0.589. The lowest BCUT2D eigenvalue weighted by Crippen LogP contribution is -2.11. The summed E-state index contributed by atoms with van der Waals surface area (Å²) in [5.41, 5.74) is 2.82. The number of rotatable bonds is 3. The zero-order valence-corrected chi connectivity index (χ0v) is 10.7. The van der Waals surface area contributed by atoms with Crippen molar-refractivity contribution in [2.75, 3.05) is 0 Å². The van der Waals surface area contributed by atoms with Crippen molar-refractivity contribution in [1.29, 1.82) is 5.26 Å². The van der Waals surface area contributed by atoms with Gasteiger partial charge in [0.25, 0.3) is 0 Å². The van der Waals surface area contributed by atoms with E-state index in [9.17, 15) is 0 Å². The highest BCUT2D eigenvalue weighted by molar-refractivity contribution is 5.28. The molecule has 0 heterocycles. The number of nitriles is 1. The Morgan fingerprint density at radius 2 is 1.75 bits per heavy atom. The van der Waals surface area contributed by atoms with Crippen LogP contribution in [0.25, 0.3) is 0 Å². The van der Waals surface area contributed by atoms with Crippen molar-refractivity contribution in [2.45, 2.75) is 46.0 Å². The van der Waals surface area contributed by atoms with Gasteiger partial charge in [0.2, 0.25) is 0 Å². The minimum Gasteiger partial charge on any atom is -0.198 e. The van der Waals surface area contributed by atoms with Gasteiger partial charge in [0, 0.05) is 0 Å². The Kier molecular flexibility index (Phi) is 4.12. The summed E-state index contributed by atoms with van der Waals surface area (Å²) >= 11 is 0. The molecule has 16 heavy (non-hydrogen) atoms. The number of nitrogens with zero attached hydrogens (tertiary/aromatic N) is 1. The summed E-state index contributed by atoms with van der Waals surface area (Å²) in [7, 11) is 0. The van der Waals surface area contributed by atoms with E-state index in [1.165, 1.54) is 11.1 Å². The summed E-state index contributed by atoms with van der Waals surface area (Å²) in [6.07, 6.45) is 1.80. The lowest BCUT2D eigenvalue weighted by Gasteiger charge is -2.19. The van der Waals surface area contributed by atoms with Gasteiger partial charge in [-0.1, -0.05) is 52.0 Å². The van der Waals surface area contributed by atoms with Crippen LogP contribution in [-0.2, 0) is 11.8 Å². The summed E-state index contributed by atoms with van der Waals surface area (Å²) in [5.74, 6) is 0.153. The van der Waals surface area contributed by atoms with Crippen molar-refractivity contribution in [1.82, 2.24) is 0 Å². The molecule has 1 atom stereocenters. The van der Waals surface area contributed by atoms with E-state index in [2.05, 4.69) is 58.0 Å². The fraction of sp³-hybridized carbons (Fsp3) is 0.533. The van der Waals surface area contributed by atoms with E-state index in [4.69, 9.17) is 5.26 Å². The summed E-state index contributed by atoms with van der Waals surface area (Å²) in [6, 6.07) is 11.0. The Balaban J connectivity index is 2.77. The average Bonchev–Trinajstić information content (AvgIpc) is 2.25. The molecule has 0 bridgehead atoms. The molecule has 0 saturated heterocycles. The van der Waals surface area contributed by atoms with Crippen LogP contribution >= 0.6 is 0 Å². The summed E-state index contributed by atoms with van der Waals surface area (Å²) < 4.78 is 0. The molecule has 1 aromatic carbocycles. The van der Waals surface area contributed by atoms with E-state index in [0.29, 0.717) is 0 Å². The molecule has 1 rings (SSSR count). The summed E-state index contributed by atoms with van der Waals surface area (Å²) in [4.78, 5) is 0. The standard InChI is InChI=1S/C15H21N/c1-5-12(11-16)10-13-6-8-14(9-7-13)15(2,3)4/h6-9,12H,5,10H2,1-4H3. The first kappa shape index (κ1) is 12.8. The molecule has 1 nitrogen and oxygen atoms in total. The average molecular weight is 215 g/mol. The van der Waals surface area contributed by atoms with E-state index >= 15 is 0 Å². The van der Waals surface area contributed by atoms with Crippen LogP contribution in [0.15, 0.2) is 24.3 Å². The van der Waals surface area contributed by atoms with Gasteiger partial charge in [-0.25, -0.2) is 0 Å². The van der Waals surface area contributed by atoms with Crippen LogP contribution in [0.1, 0.15) is 45.2 Å². The maximum atomic E-state index is 8.92. The maximum absolute atomic E-state index is 8.92. The highest BCUT2D eigenvalue weighted by Gasteiger charge is 2.13. The van der Waals surface area contributed by atoms with E-state index in [0.717, 1.165) is 12.8 Å². The molecule has 0 amide bonds. The molecule has 0 saturated carbocycles. The molecular weight excluding hydrogens is 194 g/mol. The van der Waals surface area contributed by atoms with Gasteiger partial charge in [-0.3, -0.25) is 0 Å². The van der Waals surface area contributed by atoms with Crippen molar-refractivity contribution < 1.29 is 0 Å². The van der Waals surface area contributed by atoms with Crippen molar-refractivity contribution in [3.8, 4) is 6.07 Å². The second-order valence-corrected chi connectivity index (χ2v) is 5.39. The van der Waals surface area contributed by atoms with Crippen LogP contribution in [0.2, 0.25) is 0 Å². The summed E-state index contributed by atoms with van der Waals surface area (Å²) in [5, 5.41) is 8.92. The van der Waals surface area contributed by atoms with Crippen LogP contribution in [0.5, 0.6) is 0 Å². The molecule has 86 valence electrons. The van der Waals surface area contributed by atoms with Gasteiger partial charge in [0.1, 0.15) is 0 Å². The van der Waals surface area contributed by atoms with E-state index in [1.807, 2.05) is 0 Å². The first-order chi connectivity index (χ1) is 7.47. The van der Waals surface area contributed by atoms with Crippen molar-refractivity contribution in [3.63, 3.8) is 0 Å². The predicted octanol–water partition coefficient (Wildman–Crippen LogP) is 4.08. The van der Waals surface area contributed by atoms with E-state index in [-0.39, 0.29) is 11.3 Å². The molecule has 0 aliphatic rings. The lowest BCUT2D eigenvalue weighted by atomic mass is 9.86. The van der Waals surface area contributed by atoms with Gasteiger partial charge in [0.05, 0.1) is 12.0 Å². The van der Waals surface area contributed by atoms with Gasteiger partial charge >= 0.3 is 0 Å². The first-order valence-electron chi connectivity index (χ1n) is 5.96. The van der Waals surface area contributed by atoms with Gasteiger partial charge < -0.3 is 0 Å². The highest BCUT2D eigenvalue weighted by atomic mass is 14.3. The molecule has 0 N–H and O–H groups in total. The molecule has 1 aromatic rings. The van der Waals surface area contributed by atoms with Crippen LogP contribution in [0.3, 0.4) is 0 Å². The minimum absolute atomic E-state index is 0.153. The van der Waals surface area contributed by atoms with E-state index < -0.39 is 0 Å². The normalized spacial score (nSPS) is 13.2. The highest BCUT2D eigenvalue weighted by Crippen LogP contribution is 2.23. The number of hydrogen-bond acceptors (Lipinski definition) is 1. The quantitative estimate of drug-likeness (QED) is 0.745. The molecule has 0 fully saturated rings. The van der Waals surface area contributed by atoms with Crippen molar-refractivity contribution >= 4 is 0 Å². The fourth-order valence-corrected chi connectivity index (χ4v) is 1.71. The Labute approximate surface area is 99.1 Å². The zero-order valence-electron chi connectivity index (χ0n) is 10.7. The van der Waals surface area contributed by atoms with Crippen LogP contribution in [-0.4, -0.2) is 0 Å². The molecule has 0 radical (unpaired) electrons. The van der Waals surface area contributed by atoms with Crippen molar-refractivity contribution in [2.24, 2.45) is 5.92 Å². The Hall–Kier alpha value is -1.29. The third-order valence-corrected chi connectivity index (χ3v) is 2.98. The van der Waals surface area contributed by atoms with Crippen LogP contribution in [0, 0.1) is 17.2 Å². The molecule has 0 spiro atoms. The molecule has 0 aliphatic heterocycles. The molecule has 0 aromatic heterocycles. The van der Waals surface area contributed by atoms with Gasteiger partial charge in [-0.2, -0.15) is 5.26 Å². The molecule has 1 heteroatoms. The van der Waals surface area contributed by atoms with Gasteiger partial charge in [-0.05, 0) is 29.4 Å². The van der Waals surface area contributed by atoms with Crippen LogP contribution in [0.4, 0.5) is 0 Å². The molecule has 1 unspecified atom stereocenters. The monoisotopic (exact) mass is 215 g/mol. The first-order valence-corrected chi connectivity index (χ1v) is 5.96. The molecular formula is C15H21N. The second kappa shape index (κ2) is 5.16. The number of hydrogen-bond donors (Lipinski definition) is 0. The summed E-state index contributed by atoms with van der Waals surface area (Å²) in [6.45, 7) is 8.71. The van der Waals surface area contributed by atoms with Gasteiger partial charge in [-0.15, -0.1) is 0 Å². The minimum atomic E-state index is 0.153. The van der Waals surface area contributed by atoms with E-state index in [1.54, 1.807) is 0 Å². The fourth-order valence-electron chi connectivity index (χ4n) is 1.71. The predicted molar refractivity (Wildman–Crippen MR) is 68.2 cm³/mol. The van der Waals surface area contributed by atoms with Gasteiger partial charge in [0.15, 0.2) is 0 Å². The third-order valence-electron chi connectivity index (χ3n) is 2.98. The topological polar surface area (TPSA) is 23.8 Å². The zero-order chi connectivity index (χ0) is 12.2. The second-order valence-electron chi connectivity index (χ2n) is 5.39. The third kappa shape index (κ3) is 3.38. The largest absolute Gasteiger partial charge is 0.198 e. The number of benzene rings is 1.